The van der Waals surface area contributed by atoms with E-state index in [1.54, 1.807) is 25.1 Å². The predicted molar refractivity (Wildman–Crippen MR) is 68.7 cm³/mol. The van der Waals surface area contributed by atoms with E-state index in [0.717, 1.165) is 12.8 Å². The molecule has 1 unspecified atom stereocenters. The van der Waals surface area contributed by atoms with Gasteiger partial charge in [-0.3, -0.25) is 4.79 Å². The van der Waals surface area contributed by atoms with Gasteiger partial charge in [-0.25, -0.2) is 0 Å². The van der Waals surface area contributed by atoms with Gasteiger partial charge >= 0.3 is 0 Å². The molecule has 4 heteroatoms. The van der Waals surface area contributed by atoms with Crippen LogP contribution >= 0.6 is 0 Å². The lowest BCUT2D eigenvalue weighted by Gasteiger charge is -2.23. The molecule has 18 heavy (non-hydrogen) atoms. The average Bonchev–Trinajstić information content (AvgIpc) is 3.20. The van der Waals surface area contributed by atoms with Crippen molar-refractivity contribution in [1.82, 2.24) is 5.32 Å². The monoisotopic (exact) mass is 249 g/mol. The molecule has 0 aromatic heterocycles. The molecule has 1 amide bonds. The van der Waals surface area contributed by atoms with E-state index in [2.05, 4.69) is 5.32 Å². The Morgan fingerprint density at radius 2 is 2.17 bits per heavy atom. The van der Waals surface area contributed by atoms with Crippen molar-refractivity contribution in [2.24, 2.45) is 5.92 Å². The van der Waals surface area contributed by atoms with Gasteiger partial charge in [0.05, 0.1) is 18.3 Å². The van der Waals surface area contributed by atoms with Gasteiger partial charge in [0.15, 0.2) is 0 Å². The molecular formula is C14H19NO3. The molecule has 2 N–H and O–H groups in total. The highest BCUT2D eigenvalue weighted by molar-refractivity contribution is 5.96. The molecule has 0 radical (unpaired) electrons. The third-order valence-corrected chi connectivity index (χ3v) is 3.42. The zero-order valence-electron chi connectivity index (χ0n) is 10.8. The normalized spacial score (nSPS) is 17.9. The van der Waals surface area contributed by atoms with Crippen LogP contribution in [0.25, 0.3) is 0 Å². The largest absolute Gasteiger partial charge is 0.496 e. The fourth-order valence-electron chi connectivity index (χ4n) is 2.04. The standard InChI is InChI=1S/C14H19NO3/c1-14(17,10-7-8-10)9-15-13(16)11-5-3-4-6-12(11)18-2/h3-6,10,17H,7-9H2,1-2H3,(H,15,16). The first-order valence-electron chi connectivity index (χ1n) is 6.18. The highest BCUT2D eigenvalue weighted by Gasteiger charge is 2.40. The number of hydrogen-bond donors (Lipinski definition) is 2. The summed E-state index contributed by atoms with van der Waals surface area (Å²) >= 11 is 0. The molecule has 1 saturated carbocycles. The average molecular weight is 249 g/mol. The van der Waals surface area contributed by atoms with Gasteiger partial charge in [0, 0.05) is 6.54 Å². The Hall–Kier alpha value is -1.55. The fourth-order valence-corrected chi connectivity index (χ4v) is 2.04. The van der Waals surface area contributed by atoms with Crippen molar-refractivity contribution in [2.75, 3.05) is 13.7 Å². The van der Waals surface area contributed by atoms with Crippen LogP contribution in [0.4, 0.5) is 0 Å². The van der Waals surface area contributed by atoms with E-state index in [0.29, 0.717) is 17.2 Å². The van der Waals surface area contributed by atoms with Crippen LogP contribution in [-0.4, -0.2) is 30.3 Å². The zero-order valence-corrected chi connectivity index (χ0v) is 10.8. The maximum atomic E-state index is 12.0. The molecule has 2 rings (SSSR count). The summed E-state index contributed by atoms with van der Waals surface area (Å²) in [6.45, 7) is 2.04. The summed E-state index contributed by atoms with van der Waals surface area (Å²) in [5.41, 5.74) is -0.316. The molecule has 1 fully saturated rings. The summed E-state index contributed by atoms with van der Waals surface area (Å²) in [7, 11) is 1.53. The van der Waals surface area contributed by atoms with Crippen LogP contribution in [0, 0.1) is 5.92 Å². The minimum atomic E-state index is -0.808. The first-order valence-corrected chi connectivity index (χ1v) is 6.18. The summed E-state index contributed by atoms with van der Waals surface area (Å²) in [6.07, 6.45) is 2.08. The molecule has 0 heterocycles. The summed E-state index contributed by atoms with van der Waals surface area (Å²) < 4.78 is 5.13. The molecule has 0 aliphatic heterocycles. The molecule has 1 atom stereocenters. The van der Waals surface area contributed by atoms with Gasteiger partial charge in [-0.2, -0.15) is 0 Å². The van der Waals surface area contributed by atoms with Crippen molar-refractivity contribution in [2.45, 2.75) is 25.4 Å². The Bertz CT molecular complexity index is 438. The number of nitrogens with one attached hydrogen (secondary N) is 1. The van der Waals surface area contributed by atoms with Crippen molar-refractivity contribution >= 4 is 5.91 Å². The maximum absolute atomic E-state index is 12.0. The predicted octanol–water partition coefficient (Wildman–Crippen LogP) is 1.59. The number of aliphatic hydroxyl groups is 1. The Labute approximate surface area is 107 Å². The Balaban J connectivity index is 1.99. The number of rotatable bonds is 5. The molecule has 0 spiro atoms. The minimum absolute atomic E-state index is 0.214. The number of carbonyl (C=O) groups is 1. The second kappa shape index (κ2) is 4.98. The molecule has 0 bridgehead atoms. The van der Waals surface area contributed by atoms with E-state index in [4.69, 9.17) is 4.74 Å². The number of para-hydroxylation sites is 1. The van der Waals surface area contributed by atoms with Crippen LogP contribution in [0.2, 0.25) is 0 Å². The van der Waals surface area contributed by atoms with E-state index < -0.39 is 5.60 Å². The lowest BCUT2D eigenvalue weighted by molar-refractivity contribution is 0.0354. The van der Waals surface area contributed by atoms with Crippen LogP contribution in [0.1, 0.15) is 30.1 Å². The molecule has 1 aromatic carbocycles. The topological polar surface area (TPSA) is 58.6 Å². The zero-order chi connectivity index (χ0) is 13.2. The number of hydrogen-bond acceptors (Lipinski definition) is 3. The van der Waals surface area contributed by atoms with Gasteiger partial charge in [0.1, 0.15) is 5.75 Å². The van der Waals surface area contributed by atoms with Crippen LogP contribution < -0.4 is 10.1 Å². The molecule has 1 aliphatic rings. The van der Waals surface area contributed by atoms with E-state index >= 15 is 0 Å². The first kappa shape index (κ1) is 12.9. The van der Waals surface area contributed by atoms with Gasteiger partial charge < -0.3 is 15.2 Å². The summed E-state index contributed by atoms with van der Waals surface area (Å²) in [4.78, 5) is 12.0. The summed E-state index contributed by atoms with van der Waals surface area (Å²) in [5, 5.41) is 12.9. The lowest BCUT2D eigenvalue weighted by atomic mass is 10.0. The van der Waals surface area contributed by atoms with E-state index in [1.165, 1.54) is 7.11 Å². The highest BCUT2D eigenvalue weighted by Crippen LogP contribution is 2.39. The SMILES string of the molecule is COc1ccccc1C(=O)NCC(C)(O)C1CC1. The Kier molecular flexibility index (Phi) is 3.57. The highest BCUT2D eigenvalue weighted by atomic mass is 16.5. The third-order valence-electron chi connectivity index (χ3n) is 3.42. The molecule has 1 aliphatic carbocycles. The van der Waals surface area contributed by atoms with Gasteiger partial charge in [-0.05, 0) is 37.8 Å². The quantitative estimate of drug-likeness (QED) is 0.833. The second-order valence-electron chi connectivity index (χ2n) is 5.01. The Morgan fingerprint density at radius 1 is 1.50 bits per heavy atom. The smallest absolute Gasteiger partial charge is 0.255 e. The lowest BCUT2D eigenvalue weighted by Crippen LogP contribution is -2.42. The van der Waals surface area contributed by atoms with Gasteiger partial charge in [0.25, 0.3) is 5.91 Å². The van der Waals surface area contributed by atoms with Crippen molar-refractivity contribution in [3.63, 3.8) is 0 Å². The van der Waals surface area contributed by atoms with Crippen LogP contribution in [0.15, 0.2) is 24.3 Å². The molecule has 0 saturated heterocycles. The summed E-state index contributed by atoms with van der Waals surface area (Å²) in [6, 6.07) is 7.06. The third kappa shape index (κ3) is 2.82. The molecular weight excluding hydrogens is 230 g/mol. The van der Waals surface area contributed by atoms with Gasteiger partial charge in [0.2, 0.25) is 0 Å². The molecule has 1 aromatic rings. The van der Waals surface area contributed by atoms with Crippen molar-refractivity contribution in [1.29, 1.82) is 0 Å². The number of carbonyl (C=O) groups excluding carboxylic acids is 1. The first-order chi connectivity index (χ1) is 8.54. The number of amides is 1. The van der Waals surface area contributed by atoms with E-state index in [-0.39, 0.29) is 12.5 Å². The summed E-state index contributed by atoms with van der Waals surface area (Å²) in [5.74, 6) is 0.643. The van der Waals surface area contributed by atoms with Crippen LogP contribution in [-0.2, 0) is 0 Å². The van der Waals surface area contributed by atoms with E-state index in [9.17, 15) is 9.90 Å². The van der Waals surface area contributed by atoms with Crippen molar-refractivity contribution in [3.05, 3.63) is 29.8 Å². The Morgan fingerprint density at radius 3 is 2.78 bits per heavy atom. The van der Waals surface area contributed by atoms with Crippen molar-refractivity contribution < 1.29 is 14.6 Å². The van der Waals surface area contributed by atoms with Crippen molar-refractivity contribution in [3.8, 4) is 5.75 Å². The molecule has 4 nitrogen and oxygen atoms in total. The van der Waals surface area contributed by atoms with E-state index in [1.807, 2.05) is 6.07 Å². The van der Waals surface area contributed by atoms with Gasteiger partial charge in [-0.15, -0.1) is 0 Å². The minimum Gasteiger partial charge on any atom is -0.496 e. The van der Waals surface area contributed by atoms with Crippen LogP contribution in [0.3, 0.4) is 0 Å². The molecule has 98 valence electrons. The maximum Gasteiger partial charge on any atom is 0.255 e. The number of ether oxygens (including phenoxy) is 1. The van der Waals surface area contributed by atoms with Crippen LogP contribution in [0.5, 0.6) is 5.75 Å². The number of benzene rings is 1. The second-order valence-corrected chi connectivity index (χ2v) is 5.01. The van der Waals surface area contributed by atoms with Gasteiger partial charge in [-0.1, -0.05) is 12.1 Å². The fraction of sp³-hybridized carbons (Fsp3) is 0.500. The number of methoxy groups -OCH3 is 1.